The van der Waals surface area contributed by atoms with Gasteiger partial charge in [-0.3, -0.25) is 10.1 Å². The van der Waals surface area contributed by atoms with Gasteiger partial charge in [-0.1, -0.05) is 18.2 Å². The number of hydrogen-bond acceptors (Lipinski definition) is 2. The van der Waals surface area contributed by atoms with Gasteiger partial charge in [-0.05, 0) is 33.8 Å². The van der Waals surface area contributed by atoms with Crippen molar-refractivity contribution in [3.63, 3.8) is 0 Å². The van der Waals surface area contributed by atoms with Crippen LogP contribution in [0.1, 0.15) is 49.8 Å². The molecule has 92 valence electrons. The van der Waals surface area contributed by atoms with E-state index in [1.807, 2.05) is 29.2 Å². The first-order valence-corrected chi connectivity index (χ1v) is 6.20. The topological polar surface area (TPSA) is 32.3 Å². The molecule has 17 heavy (non-hydrogen) atoms. The molecule has 2 rings (SSSR count). The maximum Gasteiger partial charge on any atom is 0.256 e. The lowest BCUT2D eigenvalue weighted by Crippen LogP contribution is -2.43. The first kappa shape index (κ1) is 12.1. The number of benzene rings is 1. The molecule has 1 aliphatic rings. The van der Waals surface area contributed by atoms with E-state index in [4.69, 9.17) is 0 Å². The van der Waals surface area contributed by atoms with Crippen LogP contribution >= 0.6 is 0 Å². The number of carbonyl (C=O) groups is 1. The molecule has 1 aromatic rings. The van der Waals surface area contributed by atoms with E-state index in [9.17, 15) is 4.79 Å². The van der Waals surface area contributed by atoms with E-state index in [-0.39, 0.29) is 18.1 Å². The third kappa shape index (κ3) is 2.07. The monoisotopic (exact) mass is 232 g/mol. The lowest BCUT2D eigenvalue weighted by molar-refractivity contribution is 0.0613. The minimum absolute atomic E-state index is 0.0127. The van der Waals surface area contributed by atoms with Crippen molar-refractivity contribution < 1.29 is 4.79 Å². The van der Waals surface area contributed by atoms with Gasteiger partial charge in [-0.2, -0.15) is 0 Å². The molecule has 1 unspecified atom stereocenters. The molecule has 0 aliphatic carbocycles. The largest absolute Gasteiger partial charge is 0.316 e. The highest BCUT2D eigenvalue weighted by molar-refractivity contribution is 5.99. The Morgan fingerprint density at radius 1 is 1.18 bits per heavy atom. The van der Waals surface area contributed by atoms with Crippen molar-refractivity contribution in [2.24, 2.45) is 0 Å². The molecule has 3 heteroatoms. The number of amides is 1. The molecular formula is C14H20N2O. The second-order valence-electron chi connectivity index (χ2n) is 5.12. The predicted octanol–water partition coefficient (Wildman–Crippen LogP) is 2.55. The second-order valence-corrected chi connectivity index (χ2v) is 5.12. The second kappa shape index (κ2) is 4.49. The molecule has 1 aromatic carbocycles. The summed E-state index contributed by atoms with van der Waals surface area (Å²) in [6.45, 7) is 8.31. The Bertz CT molecular complexity index is 426. The Balaban J connectivity index is 2.42. The van der Waals surface area contributed by atoms with Gasteiger partial charge in [0.15, 0.2) is 0 Å². The van der Waals surface area contributed by atoms with Crippen LogP contribution < -0.4 is 5.32 Å². The van der Waals surface area contributed by atoms with Crippen LogP contribution in [-0.2, 0) is 0 Å². The summed E-state index contributed by atoms with van der Waals surface area (Å²) >= 11 is 0. The van der Waals surface area contributed by atoms with Gasteiger partial charge >= 0.3 is 0 Å². The standard InChI is InChI=1S/C14H20N2O/c1-9(2)15-13-11-7-5-6-8-12(11)14(17)16(13)10(3)4/h5-10,13,15H,1-4H3. The molecule has 1 atom stereocenters. The molecule has 3 nitrogen and oxygen atoms in total. The van der Waals surface area contributed by atoms with Gasteiger partial charge in [0.05, 0.1) is 0 Å². The van der Waals surface area contributed by atoms with E-state index in [1.54, 1.807) is 0 Å². The highest BCUT2D eigenvalue weighted by Gasteiger charge is 2.37. The molecule has 0 radical (unpaired) electrons. The molecule has 0 fully saturated rings. The normalized spacial score (nSPS) is 19.3. The molecule has 0 bridgehead atoms. The number of nitrogens with zero attached hydrogens (tertiary/aromatic N) is 1. The molecule has 1 heterocycles. The van der Waals surface area contributed by atoms with Gasteiger partial charge in [0.1, 0.15) is 6.17 Å². The van der Waals surface area contributed by atoms with Crippen LogP contribution in [0.5, 0.6) is 0 Å². The molecule has 1 amide bonds. The summed E-state index contributed by atoms with van der Waals surface area (Å²) in [5, 5.41) is 3.46. The number of hydrogen-bond donors (Lipinski definition) is 1. The first-order valence-electron chi connectivity index (χ1n) is 6.20. The zero-order valence-corrected chi connectivity index (χ0v) is 10.9. The van der Waals surface area contributed by atoms with Crippen molar-refractivity contribution in [2.45, 2.75) is 45.9 Å². The zero-order chi connectivity index (χ0) is 12.6. The highest BCUT2D eigenvalue weighted by Crippen LogP contribution is 2.33. The van der Waals surface area contributed by atoms with Gasteiger partial charge in [0.25, 0.3) is 5.91 Å². The quantitative estimate of drug-likeness (QED) is 0.868. The van der Waals surface area contributed by atoms with Crippen molar-refractivity contribution in [1.29, 1.82) is 0 Å². The van der Waals surface area contributed by atoms with E-state index >= 15 is 0 Å². The van der Waals surface area contributed by atoms with Crippen molar-refractivity contribution >= 4 is 5.91 Å². The average Bonchev–Trinajstić information content (AvgIpc) is 2.52. The molecule has 0 saturated carbocycles. The average molecular weight is 232 g/mol. The van der Waals surface area contributed by atoms with Crippen LogP contribution in [0.3, 0.4) is 0 Å². The maximum absolute atomic E-state index is 12.3. The zero-order valence-electron chi connectivity index (χ0n) is 10.9. The van der Waals surface area contributed by atoms with Crippen LogP contribution in [0.25, 0.3) is 0 Å². The number of rotatable bonds is 3. The Morgan fingerprint density at radius 2 is 1.82 bits per heavy atom. The van der Waals surface area contributed by atoms with Crippen LogP contribution in [0.15, 0.2) is 24.3 Å². The van der Waals surface area contributed by atoms with Crippen molar-refractivity contribution in [2.75, 3.05) is 0 Å². The molecule has 1 N–H and O–H groups in total. The Hall–Kier alpha value is -1.35. The molecule has 1 aliphatic heterocycles. The summed E-state index contributed by atoms with van der Waals surface area (Å²) in [6.07, 6.45) is 0.0127. The fraction of sp³-hybridized carbons (Fsp3) is 0.500. The van der Waals surface area contributed by atoms with E-state index in [1.165, 1.54) is 0 Å². The molecule has 0 saturated heterocycles. The van der Waals surface area contributed by atoms with Gasteiger partial charge in [0.2, 0.25) is 0 Å². The summed E-state index contributed by atoms with van der Waals surface area (Å²) in [5.41, 5.74) is 1.93. The molecule has 0 aromatic heterocycles. The van der Waals surface area contributed by atoms with Crippen LogP contribution in [0, 0.1) is 0 Å². The summed E-state index contributed by atoms with van der Waals surface area (Å²) in [7, 11) is 0. The summed E-state index contributed by atoms with van der Waals surface area (Å²) in [4.78, 5) is 14.2. The maximum atomic E-state index is 12.3. The summed E-state index contributed by atoms with van der Waals surface area (Å²) in [6, 6.07) is 8.41. The van der Waals surface area contributed by atoms with E-state index in [0.29, 0.717) is 6.04 Å². The lowest BCUT2D eigenvalue weighted by atomic mass is 10.1. The van der Waals surface area contributed by atoms with Crippen LogP contribution in [0.2, 0.25) is 0 Å². The Morgan fingerprint density at radius 3 is 2.41 bits per heavy atom. The minimum atomic E-state index is 0.0127. The summed E-state index contributed by atoms with van der Waals surface area (Å²) in [5.74, 6) is 0.133. The first-order chi connectivity index (χ1) is 8.02. The van der Waals surface area contributed by atoms with Crippen LogP contribution in [0.4, 0.5) is 0 Å². The predicted molar refractivity (Wildman–Crippen MR) is 68.8 cm³/mol. The van der Waals surface area contributed by atoms with Crippen molar-refractivity contribution in [3.05, 3.63) is 35.4 Å². The van der Waals surface area contributed by atoms with E-state index in [2.05, 4.69) is 33.0 Å². The number of fused-ring (bicyclic) bond motifs is 1. The Kier molecular flexibility index (Phi) is 3.20. The third-order valence-corrected chi connectivity index (χ3v) is 3.05. The van der Waals surface area contributed by atoms with Crippen molar-refractivity contribution in [1.82, 2.24) is 10.2 Å². The molecule has 0 spiro atoms. The lowest BCUT2D eigenvalue weighted by Gasteiger charge is -2.31. The van der Waals surface area contributed by atoms with Crippen LogP contribution in [-0.4, -0.2) is 22.9 Å². The smallest absolute Gasteiger partial charge is 0.256 e. The summed E-state index contributed by atoms with van der Waals surface area (Å²) < 4.78 is 0. The number of nitrogens with one attached hydrogen (secondary N) is 1. The number of carbonyl (C=O) groups excluding carboxylic acids is 1. The minimum Gasteiger partial charge on any atom is -0.316 e. The SMILES string of the molecule is CC(C)NC1c2ccccc2C(=O)N1C(C)C. The van der Waals surface area contributed by atoms with Crippen molar-refractivity contribution in [3.8, 4) is 0 Å². The fourth-order valence-corrected chi connectivity index (χ4v) is 2.35. The van der Waals surface area contributed by atoms with Gasteiger partial charge in [-0.25, -0.2) is 0 Å². The molecular weight excluding hydrogens is 212 g/mol. The van der Waals surface area contributed by atoms with Gasteiger partial charge in [0, 0.05) is 23.2 Å². The highest BCUT2D eigenvalue weighted by atomic mass is 16.2. The Labute approximate surface area is 103 Å². The van der Waals surface area contributed by atoms with E-state index < -0.39 is 0 Å². The fourth-order valence-electron chi connectivity index (χ4n) is 2.35. The van der Waals surface area contributed by atoms with Gasteiger partial charge < -0.3 is 4.90 Å². The van der Waals surface area contributed by atoms with E-state index in [0.717, 1.165) is 11.1 Å². The third-order valence-electron chi connectivity index (χ3n) is 3.05. The van der Waals surface area contributed by atoms with Gasteiger partial charge in [-0.15, -0.1) is 0 Å².